The van der Waals surface area contributed by atoms with E-state index in [2.05, 4.69) is 44.5 Å². The van der Waals surface area contributed by atoms with Crippen LogP contribution in [0.15, 0.2) is 72.9 Å². The number of anilines is 2. The van der Waals surface area contributed by atoms with E-state index in [-0.39, 0.29) is 5.91 Å². The Morgan fingerprint density at radius 1 is 1.10 bits per heavy atom. The van der Waals surface area contributed by atoms with E-state index < -0.39 is 0 Å². The molecular formula is C25H29N5O. The van der Waals surface area contributed by atoms with Gasteiger partial charge in [-0.25, -0.2) is 0 Å². The van der Waals surface area contributed by atoms with E-state index >= 15 is 0 Å². The summed E-state index contributed by atoms with van der Waals surface area (Å²) in [5.41, 5.74) is 2.99. The fourth-order valence-electron chi connectivity index (χ4n) is 4.19. The van der Waals surface area contributed by atoms with Gasteiger partial charge in [-0.05, 0) is 43.7 Å². The Labute approximate surface area is 183 Å². The van der Waals surface area contributed by atoms with E-state index in [1.54, 1.807) is 6.20 Å². The van der Waals surface area contributed by atoms with Crippen molar-refractivity contribution in [1.82, 2.24) is 15.1 Å². The highest BCUT2D eigenvalue weighted by Crippen LogP contribution is 2.27. The van der Waals surface area contributed by atoms with E-state index in [0.717, 1.165) is 48.6 Å². The summed E-state index contributed by atoms with van der Waals surface area (Å²) in [4.78, 5) is 17.2. The molecular weight excluding hydrogens is 386 g/mol. The summed E-state index contributed by atoms with van der Waals surface area (Å²) in [6.45, 7) is 2.63. The van der Waals surface area contributed by atoms with Crippen molar-refractivity contribution in [3.05, 3.63) is 72.9 Å². The van der Waals surface area contributed by atoms with Crippen LogP contribution in [0.5, 0.6) is 0 Å². The van der Waals surface area contributed by atoms with Crippen LogP contribution in [0.2, 0.25) is 0 Å². The van der Waals surface area contributed by atoms with Gasteiger partial charge in [-0.3, -0.25) is 4.79 Å². The minimum absolute atomic E-state index is 0.0347. The number of likely N-dealkylation sites (N-methyl/N-ethyl adjacent to an activating group) is 1. The van der Waals surface area contributed by atoms with Gasteiger partial charge in [0, 0.05) is 49.5 Å². The second kappa shape index (κ2) is 10.2. The van der Waals surface area contributed by atoms with Crippen molar-refractivity contribution >= 4 is 17.4 Å². The predicted molar refractivity (Wildman–Crippen MR) is 125 cm³/mol. The molecule has 1 unspecified atom stereocenters. The molecule has 3 aromatic rings. The third-order valence-corrected chi connectivity index (χ3v) is 5.76. The molecule has 1 fully saturated rings. The summed E-state index contributed by atoms with van der Waals surface area (Å²) in [7, 11) is 2.08. The summed E-state index contributed by atoms with van der Waals surface area (Å²) in [6, 6.07) is 22.4. The highest BCUT2D eigenvalue weighted by atomic mass is 16.1. The molecule has 1 amide bonds. The van der Waals surface area contributed by atoms with Crippen molar-refractivity contribution in [2.75, 3.05) is 36.9 Å². The molecule has 0 saturated carbocycles. The van der Waals surface area contributed by atoms with Crippen LogP contribution >= 0.6 is 0 Å². The minimum Gasteiger partial charge on any atom is -0.351 e. The van der Waals surface area contributed by atoms with Crippen LogP contribution in [0, 0.1) is 0 Å². The highest BCUT2D eigenvalue weighted by molar-refractivity contribution is 5.95. The molecule has 0 bridgehead atoms. The van der Waals surface area contributed by atoms with Gasteiger partial charge in [-0.15, -0.1) is 5.10 Å². The first-order chi connectivity index (χ1) is 15.2. The smallest absolute Gasteiger partial charge is 0.225 e. The number of amides is 1. The van der Waals surface area contributed by atoms with Gasteiger partial charge >= 0.3 is 0 Å². The zero-order valence-corrected chi connectivity index (χ0v) is 17.9. The van der Waals surface area contributed by atoms with Crippen LogP contribution in [0.25, 0.3) is 11.1 Å². The largest absolute Gasteiger partial charge is 0.351 e. The molecule has 0 spiro atoms. The van der Waals surface area contributed by atoms with E-state index in [4.69, 9.17) is 0 Å². The average Bonchev–Trinajstić information content (AvgIpc) is 3.27. The lowest BCUT2D eigenvalue weighted by atomic mass is 10.0. The molecule has 1 aliphatic rings. The summed E-state index contributed by atoms with van der Waals surface area (Å²) in [6.07, 6.45) is 4.45. The van der Waals surface area contributed by atoms with Crippen molar-refractivity contribution in [2.24, 2.45) is 0 Å². The molecule has 6 nitrogen and oxygen atoms in total. The lowest BCUT2D eigenvalue weighted by molar-refractivity contribution is -0.116. The van der Waals surface area contributed by atoms with Gasteiger partial charge in [0.25, 0.3) is 0 Å². The molecule has 1 saturated heterocycles. The number of nitrogens with one attached hydrogen (secondary N) is 1. The standard InChI is InChI=1S/C25H29N5O/c1-29(19-21-11-8-17-30(21)24-14-7-16-26-28-24)18-15-25(31)27-23-13-6-5-12-22(23)20-9-3-2-4-10-20/h2-7,9-10,12-14,16,21H,8,11,15,17-19H2,1H3,(H,27,31). The van der Waals surface area contributed by atoms with Crippen LogP contribution in [0.4, 0.5) is 11.5 Å². The maximum absolute atomic E-state index is 12.7. The fourth-order valence-corrected chi connectivity index (χ4v) is 4.19. The van der Waals surface area contributed by atoms with Crippen molar-refractivity contribution in [3.8, 4) is 11.1 Å². The maximum atomic E-state index is 12.7. The highest BCUT2D eigenvalue weighted by Gasteiger charge is 2.26. The van der Waals surface area contributed by atoms with E-state index in [1.165, 1.54) is 0 Å². The Morgan fingerprint density at radius 2 is 1.90 bits per heavy atom. The molecule has 2 aromatic carbocycles. The zero-order valence-electron chi connectivity index (χ0n) is 17.9. The molecule has 4 rings (SSSR count). The molecule has 0 radical (unpaired) electrons. The zero-order chi connectivity index (χ0) is 21.5. The van der Waals surface area contributed by atoms with Gasteiger partial charge in [0.2, 0.25) is 5.91 Å². The van der Waals surface area contributed by atoms with Gasteiger partial charge in [0.15, 0.2) is 5.82 Å². The molecule has 6 heteroatoms. The second-order valence-electron chi connectivity index (χ2n) is 8.04. The third-order valence-electron chi connectivity index (χ3n) is 5.76. The number of benzene rings is 2. The molecule has 160 valence electrons. The van der Waals surface area contributed by atoms with Crippen LogP contribution < -0.4 is 10.2 Å². The van der Waals surface area contributed by atoms with Crippen molar-refractivity contribution < 1.29 is 4.79 Å². The SMILES string of the molecule is CN(CCC(=O)Nc1ccccc1-c1ccccc1)CC1CCCN1c1cccnn1. The average molecular weight is 416 g/mol. The van der Waals surface area contributed by atoms with Crippen molar-refractivity contribution in [1.29, 1.82) is 0 Å². The van der Waals surface area contributed by atoms with Gasteiger partial charge in [-0.1, -0.05) is 48.5 Å². The summed E-state index contributed by atoms with van der Waals surface area (Å²) < 4.78 is 0. The molecule has 1 aromatic heterocycles. The first-order valence-electron chi connectivity index (χ1n) is 10.9. The van der Waals surface area contributed by atoms with E-state index in [0.29, 0.717) is 19.0 Å². The Bertz CT molecular complexity index is 979. The molecule has 2 heterocycles. The molecule has 31 heavy (non-hydrogen) atoms. The number of aromatic nitrogens is 2. The van der Waals surface area contributed by atoms with Crippen molar-refractivity contribution in [3.63, 3.8) is 0 Å². The number of carbonyl (C=O) groups is 1. The second-order valence-corrected chi connectivity index (χ2v) is 8.04. The lowest BCUT2D eigenvalue weighted by Gasteiger charge is -2.29. The van der Waals surface area contributed by atoms with Crippen molar-refractivity contribution in [2.45, 2.75) is 25.3 Å². The predicted octanol–water partition coefficient (Wildman–Crippen LogP) is 4.07. The van der Waals surface area contributed by atoms with Crippen LogP contribution in [-0.2, 0) is 4.79 Å². The summed E-state index contributed by atoms with van der Waals surface area (Å²) >= 11 is 0. The van der Waals surface area contributed by atoms with Gasteiger partial charge in [0.1, 0.15) is 0 Å². The maximum Gasteiger partial charge on any atom is 0.225 e. The van der Waals surface area contributed by atoms with Crippen LogP contribution in [0.1, 0.15) is 19.3 Å². The molecule has 1 aliphatic heterocycles. The van der Waals surface area contributed by atoms with Gasteiger partial charge in [-0.2, -0.15) is 5.10 Å². The Kier molecular flexibility index (Phi) is 6.89. The first-order valence-corrected chi connectivity index (χ1v) is 10.9. The minimum atomic E-state index is 0.0347. The van der Waals surface area contributed by atoms with Gasteiger partial charge in [0.05, 0.1) is 0 Å². The molecule has 0 aliphatic carbocycles. The third kappa shape index (κ3) is 5.47. The number of nitrogens with zero attached hydrogens (tertiary/aromatic N) is 4. The van der Waals surface area contributed by atoms with Crippen LogP contribution in [-0.4, -0.2) is 53.7 Å². The van der Waals surface area contributed by atoms with Crippen LogP contribution in [0.3, 0.4) is 0 Å². The quantitative estimate of drug-likeness (QED) is 0.601. The molecule has 1 atom stereocenters. The monoisotopic (exact) mass is 415 g/mol. The number of hydrogen-bond donors (Lipinski definition) is 1. The van der Waals surface area contributed by atoms with Gasteiger partial charge < -0.3 is 15.1 Å². The summed E-state index contributed by atoms with van der Waals surface area (Å²) in [5.74, 6) is 0.973. The number of hydrogen-bond acceptors (Lipinski definition) is 5. The Balaban J connectivity index is 1.31. The Hall–Kier alpha value is -3.25. The van der Waals surface area contributed by atoms with E-state index in [9.17, 15) is 4.79 Å². The van der Waals surface area contributed by atoms with E-state index in [1.807, 2.05) is 54.6 Å². The normalized spacial score (nSPS) is 15.9. The Morgan fingerprint density at radius 3 is 2.71 bits per heavy atom. The molecule has 1 N–H and O–H groups in total. The summed E-state index contributed by atoms with van der Waals surface area (Å²) in [5, 5.41) is 11.4. The number of rotatable bonds is 8. The first kappa shape index (κ1) is 21.0. The number of carbonyl (C=O) groups excluding carboxylic acids is 1. The fraction of sp³-hybridized carbons (Fsp3) is 0.320. The lowest BCUT2D eigenvalue weighted by Crippen LogP contribution is -2.40. The topological polar surface area (TPSA) is 61.4 Å². The number of para-hydroxylation sites is 1.